The molecule has 0 aromatic carbocycles. The minimum Gasteiger partial charge on any atom is -0.474 e. The second kappa shape index (κ2) is 7.91. The molecule has 2 N–H and O–H groups in total. The smallest absolute Gasteiger partial charge is 0.221 e. The van der Waals surface area contributed by atoms with Crippen molar-refractivity contribution >= 4 is 17.0 Å². The van der Waals surface area contributed by atoms with Crippen LogP contribution in [0.25, 0.3) is 11.1 Å². The minimum absolute atomic E-state index is 0.217. The number of hydrogen-bond donors (Lipinski definition) is 1. The number of allylic oxidation sites excluding steroid dienone is 5. The van der Waals surface area contributed by atoms with Crippen LogP contribution in [0.1, 0.15) is 37.4 Å². The van der Waals surface area contributed by atoms with E-state index in [1.54, 1.807) is 18.3 Å². The first-order chi connectivity index (χ1) is 12.5. The van der Waals surface area contributed by atoms with Gasteiger partial charge in [-0.1, -0.05) is 12.7 Å². The zero-order chi connectivity index (χ0) is 18.5. The van der Waals surface area contributed by atoms with Crippen LogP contribution in [0.4, 0.5) is 10.2 Å². The van der Waals surface area contributed by atoms with Crippen molar-refractivity contribution < 1.29 is 9.13 Å². The van der Waals surface area contributed by atoms with Crippen molar-refractivity contribution in [2.24, 2.45) is 0 Å². The Balaban J connectivity index is 1.82. The summed E-state index contributed by atoms with van der Waals surface area (Å²) in [5.41, 5.74) is 7.73. The summed E-state index contributed by atoms with van der Waals surface area (Å²) in [5.74, 6) is 0.470. The molecule has 1 aliphatic rings. The molecule has 0 atom stereocenters. The molecule has 1 aliphatic carbocycles. The summed E-state index contributed by atoms with van der Waals surface area (Å²) in [7, 11) is 0. The number of rotatable bonds is 6. The molecule has 5 nitrogen and oxygen atoms in total. The lowest BCUT2D eigenvalue weighted by Crippen LogP contribution is -2.25. The van der Waals surface area contributed by atoms with Crippen LogP contribution in [0.15, 0.2) is 55.3 Å². The molecule has 1 fully saturated rings. The highest BCUT2D eigenvalue weighted by molar-refractivity contribution is 5.81. The van der Waals surface area contributed by atoms with Gasteiger partial charge in [0.2, 0.25) is 5.88 Å². The summed E-state index contributed by atoms with van der Waals surface area (Å²) in [6, 6.07) is 3.72. The molecular formula is C20H21FN4O. The van der Waals surface area contributed by atoms with Gasteiger partial charge in [-0.3, -0.25) is 4.98 Å². The molecule has 0 bridgehead atoms. The Labute approximate surface area is 152 Å². The first-order valence-electron chi connectivity index (χ1n) is 8.48. The van der Waals surface area contributed by atoms with Gasteiger partial charge in [-0.25, -0.2) is 14.4 Å². The lowest BCUT2D eigenvalue weighted by molar-refractivity contribution is 0.114. The van der Waals surface area contributed by atoms with Crippen LogP contribution in [0, 0.1) is 0 Å². The van der Waals surface area contributed by atoms with Crippen LogP contribution in [0.2, 0.25) is 0 Å². The minimum atomic E-state index is -0.370. The van der Waals surface area contributed by atoms with Crippen LogP contribution < -0.4 is 10.5 Å². The van der Waals surface area contributed by atoms with E-state index < -0.39 is 0 Å². The molecule has 2 aromatic rings. The first kappa shape index (κ1) is 17.8. The van der Waals surface area contributed by atoms with Gasteiger partial charge in [-0.2, -0.15) is 0 Å². The monoisotopic (exact) mass is 352 g/mol. The number of ether oxygens (including phenoxy) is 1. The molecule has 2 heterocycles. The fourth-order valence-electron chi connectivity index (χ4n) is 2.50. The second-order valence-corrected chi connectivity index (χ2v) is 6.16. The first-order valence-corrected chi connectivity index (χ1v) is 8.48. The van der Waals surface area contributed by atoms with Crippen LogP contribution in [-0.2, 0) is 0 Å². The molecule has 3 rings (SSSR count). The maximum absolute atomic E-state index is 14.0. The van der Waals surface area contributed by atoms with Crippen molar-refractivity contribution in [3.05, 3.63) is 66.5 Å². The average Bonchev–Trinajstić information content (AvgIpc) is 2.59. The Morgan fingerprint density at radius 2 is 2.08 bits per heavy atom. The maximum atomic E-state index is 14.0. The van der Waals surface area contributed by atoms with Crippen LogP contribution in [0.5, 0.6) is 5.88 Å². The molecule has 1 saturated carbocycles. The standard InChI is InChI=1S/C20H21FN4O/c1-13(16-7-4-10-23-20(16)26-15-5-3-6-15)8-9-17(14(2)21)18-11-25-19(22)12-24-18/h4,7-12,15H,1,3,5-6H2,2H3,(H2,22,25)/b9-8-,17-14-. The van der Waals surface area contributed by atoms with E-state index in [1.165, 1.54) is 25.7 Å². The van der Waals surface area contributed by atoms with E-state index in [-0.39, 0.29) is 17.7 Å². The molecule has 2 aromatic heterocycles. The van der Waals surface area contributed by atoms with E-state index in [0.717, 1.165) is 18.4 Å². The van der Waals surface area contributed by atoms with E-state index in [9.17, 15) is 4.39 Å². The molecule has 0 amide bonds. The van der Waals surface area contributed by atoms with Gasteiger partial charge in [-0.15, -0.1) is 0 Å². The number of aromatic nitrogens is 3. The molecule has 0 aliphatic heterocycles. The number of anilines is 1. The third-order valence-electron chi connectivity index (χ3n) is 4.22. The molecule has 26 heavy (non-hydrogen) atoms. The number of nitrogens with zero attached hydrogens (tertiary/aromatic N) is 3. The highest BCUT2D eigenvalue weighted by Crippen LogP contribution is 2.30. The van der Waals surface area contributed by atoms with Gasteiger partial charge in [-0.05, 0) is 50.0 Å². The molecule has 0 unspecified atom stereocenters. The number of pyridine rings is 1. The highest BCUT2D eigenvalue weighted by Gasteiger charge is 2.21. The van der Waals surface area contributed by atoms with Gasteiger partial charge in [0.15, 0.2) is 0 Å². The number of nitrogen functional groups attached to an aromatic ring is 1. The quantitative estimate of drug-likeness (QED) is 0.782. The van der Waals surface area contributed by atoms with Gasteiger partial charge < -0.3 is 10.5 Å². The number of nitrogens with two attached hydrogens (primary N) is 1. The number of halogens is 1. The molecular weight excluding hydrogens is 331 g/mol. The van der Waals surface area contributed by atoms with Crippen LogP contribution >= 0.6 is 0 Å². The summed E-state index contributed by atoms with van der Waals surface area (Å²) >= 11 is 0. The van der Waals surface area contributed by atoms with Crippen molar-refractivity contribution in [3.8, 4) is 5.88 Å². The van der Waals surface area contributed by atoms with E-state index in [2.05, 4.69) is 21.5 Å². The summed E-state index contributed by atoms with van der Waals surface area (Å²) in [4.78, 5) is 12.4. The largest absolute Gasteiger partial charge is 0.474 e. The maximum Gasteiger partial charge on any atom is 0.221 e. The van der Waals surface area contributed by atoms with Crippen molar-refractivity contribution in [1.29, 1.82) is 0 Å². The van der Waals surface area contributed by atoms with Gasteiger partial charge >= 0.3 is 0 Å². The molecule has 0 spiro atoms. The Kier molecular flexibility index (Phi) is 5.41. The predicted octanol–water partition coefficient (Wildman–Crippen LogP) is 4.36. The lowest BCUT2D eigenvalue weighted by atomic mass is 9.96. The fraction of sp³-hybridized carbons (Fsp3) is 0.250. The van der Waals surface area contributed by atoms with Gasteiger partial charge in [0.1, 0.15) is 17.7 Å². The fourth-order valence-corrected chi connectivity index (χ4v) is 2.50. The van der Waals surface area contributed by atoms with Gasteiger partial charge in [0.25, 0.3) is 0 Å². The molecule has 0 radical (unpaired) electrons. The topological polar surface area (TPSA) is 73.9 Å². The molecule has 6 heteroatoms. The average molecular weight is 352 g/mol. The van der Waals surface area contributed by atoms with Crippen molar-refractivity contribution in [2.45, 2.75) is 32.3 Å². The van der Waals surface area contributed by atoms with Gasteiger partial charge in [0, 0.05) is 17.3 Å². The second-order valence-electron chi connectivity index (χ2n) is 6.16. The summed E-state index contributed by atoms with van der Waals surface area (Å²) in [6.07, 6.45) is 11.4. The number of hydrogen-bond acceptors (Lipinski definition) is 5. The van der Waals surface area contributed by atoms with Crippen molar-refractivity contribution in [3.63, 3.8) is 0 Å². The molecule has 134 valence electrons. The van der Waals surface area contributed by atoms with Crippen molar-refractivity contribution in [2.75, 3.05) is 5.73 Å². The van der Waals surface area contributed by atoms with Crippen molar-refractivity contribution in [1.82, 2.24) is 15.0 Å². The third-order valence-corrected chi connectivity index (χ3v) is 4.22. The highest BCUT2D eigenvalue weighted by atomic mass is 19.1. The Bertz CT molecular complexity index is 850. The third kappa shape index (κ3) is 4.14. The van der Waals surface area contributed by atoms with Gasteiger partial charge in [0.05, 0.1) is 18.1 Å². The lowest BCUT2D eigenvalue weighted by Gasteiger charge is -2.26. The van der Waals surface area contributed by atoms with Crippen LogP contribution in [0.3, 0.4) is 0 Å². The Morgan fingerprint density at radius 1 is 1.27 bits per heavy atom. The van der Waals surface area contributed by atoms with E-state index >= 15 is 0 Å². The normalized spacial score (nSPS) is 15.5. The van der Waals surface area contributed by atoms with Crippen LogP contribution in [-0.4, -0.2) is 21.1 Å². The molecule has 0 saturated heterocycles. The van der Waals surface area contributed by atoms with E-state index in [0.29, 0.717) is 22.7 Å². The predicted molar refractivity (Wildman–Crippen MR) is 101 cm³/mol. The Morgan fingerprint density at radius 3 is 2.69 bits per heavy atom. The summed E-state index contributed by atoms with van der Waals surface area (Å²) < 4.78 is 19.9. The summed E-state index contributed by atoms with van der Waals surface area (Å²) in [5, 5.41) is 0. The summed E-state index contributed by atoms with van der Waals surface area (Å²) in [6.45, 7) is 5.44. The van der Waals surface area contributed by atoms with E-state index in [4.69, 9.17) is 10.5 Å². The SMILES string of the molecule is C=C(/C=C\C(=C(/C)F)c1cnc(N)cn1)c1cccnc1OC1CCC1. The zero-order valence-corrected chi connectivity index (χ0v) is 14.7. The zero-order valence-electron chi connectivity index (χ0n) is 14.7. The Hall–Kier alpha value is -3.02. The van der Waals surface area contributed by atoms with E-state index in [1.807, 2.05) is 12.1 Å².